The van der Waals surface area contributed by atoms with Crippen LogP contribution in [0.15, 0.2) is 18.2 Å². The van der Waals surface area contributed by atoms with E-state index in [1.54, 1.807) is 0 Å². The van der Waals surface area contributed by atoms with Crippen LogP contribution >= 0.6 is 0 Å². The van der Waals surface area contributed by atoms with Crippen molar-refractivity contribution in [3.05, 3.63) is 29.6 Å². The van der Waals surface area contributed by atoms with Gasteiger partial charge < -0.3 is 15.4 Å². The predicted molar refractivity (Wildman–Crippen MR) is 73.3 cm³/mol. The van der Waals surface area contributed by atoms with Crippen LogP contribution in [-0.2, 0) is 13.5 Å². The van der Waals surface area contributed by atoms with Gasteiger partial charge in [0.2, 0.25) is 0 Å². The minimum Gasteiger partial charge on any atom is -0.387 e. The van der Waals surface area contributed by atoms with Gasteiger partial charge in [-0.2, -0.15) is 0 Å². The lowest BCUT2D eigenvalue weighted by Gasteiger charge is -2.07. The van der Waals surface area contributed by atoms with Crippen LogP contribution in [0.25, 0.3) is 11.0 Å². The molecule has 0 aliphatic heterocycles. The SMILES string of the molecule is CC(C)Cc1nc2cc(C(O)CN)ccc2n1C. The van der Waals surface area contributed by atoms with Gasteiger partial charge in [-0.1, -0.05) is 19.9 Å². The maximum atomic E-state index is 9.75. The Labute approximate surface area is 107 Å². The molecule has 98 valence electrons. The van der Waals surface area contributed by atoms with E-state index in [1.165, 1.54) is 0 Å². The minimum absolute atomic E-state index is 0.233. The van der Waals surface area contributed by atoms with E-state index in [4.69, 9.17) is 5.73 Å². The predicted octanol–water partition coefficient (Wildman–Crippen LogP) is 1.76. The quantitative estimate of drug-likeness (QED) is 0.865. The highest BCUT2D eigenvalue weighted by atomic mass is 16.3. The number of aromatic nitrogens is 2. The molecular formula is C14H21N3O. The van der Waals surface area contributed by atoms with Crippen LogP contribution in [0.1, 0.15) is 31.3 Å². The second kappa shape index (κ2) is 5.08. The van der Waals surface area contributed by atoms with Crippen LogP contribution in [0, 0.1) is 5.92 Å². The lowest BCUT2D eigenvalue weighted by molar-refractivity contribution is 0.187. The van der Waals surface area contributed by atoms with Crippen LogP contribution in [0.4, 0.5) is 0 Å². The molecule has 4 heteroatoms. The summed E-state index contributed by atoms with van der Waals surface area (Å²) in [6.45, 7) is 4.60. The lowest BCUT2D eigenvalue weighted by Crippen LogP contribution is -2.11. The molecule has 0 spiro atoms. The highest BCUT2D eigenvalue weighted by molar-refractivity contribution is 5.77. The minimum atomic E-state index is -0.607. The first-order chi connectivity index (χ1) is 8.52. The van der Waals surface area contributed by atoms with E-state index in [-0.39, 0.29) is 6.54 Å². The number of aliphatic hydroxyl groups excluding tert-OH is 1. The molecule has 3 N–H and O–H groups in total. The van der Waals surface area contributed by atoms with Gasteiger partial charge in [0.15, 0.2) is 0 Å². The molecule has 1 unspecified atom stereocenters. The molecule has 1 atom stereocenters. The topological polar surface area (TPSA) is 64.1 Å². The molecule has 0 radical (unpaired) electrons. The summed E-state index contributed by atoms with van der Waals surface area (Å²) in [7, 11) is 2.03. The van der Waals surface area contributed by atoms with E-state index in [0.29, 0.717) is 5.92 Å². The highest BCUT2D eigenvalue weighted by Crippen LogP contribution is 2.21. The van der Waals surface area contributed by atoms with Gasteiger partial charge in [-0.25, -0.2) is 4.98 Å². The molecule has 0 fully saturated rings. The molecule has 1 aromatic heterocycles. The molecule has 0 aliphatic carbocycles. The Morgan fingerprint density at radius 1 is 1.39 bits per heavy atom. The molecule has 2 rings (SSSR count). The third-order valence-electron chi connectivity index (χ3n) is 3.20. The Balaban J connectivity index is 2.45. The molecule has 0 saturated heterocycles. The molecular weight excluding hydrogens is 226 g/mol. The summed E-state index contributed by atoms with van der Waals surface area (Å²) in [5.74, 6) is 1.66. The first kappa shape index (κ1) is 13.1. The third-order valence-corrected chi connectivity index (χ3v) is 3.20. The number of hydrogen-bond donors (Lipinski definition) is 2. The second-order valence-corrected chi connectivity index (χ2v) is 5.18. The van der Waals surface area contributed by atoms with Gasteiger partial charge >= 0.3 is 0 Å². The maximum absolute atomic E-state index is 9.75. The molecule has 2 aromatic rings. The summed E-state index contributed by atoms with van der Waals surface area (Å²) in [6.07, 6.45) is 0.352. The maximum Gasteiger partial charge on any atom is 0.109 e. The zero-order valence-corrected chi connectivity index (χ0v) is 11.2. The molecule has 1 aromatic carbocycles. The highest BCUT2D eigenvalue weighted by Gasteiger charge is 2.12. The third kappa shape index (κ3) is 2.40. The van der Waals surface area contributed by atoms with Crippen molar-refractivity contribution in [2.75, 3.05) is 6.54 Å². The fourth-order valence-corrected chi connectivity index (χ4v) is 2.16. The van der Waals surface area contributed by atoms with Crippen molar-refractivity contribution in [3.63, 3.8) is 0 Å². The van der Waals surface area contributed by atoms with Gasteiger partial charge in [0.05, 0.1) is 17.1 Å². The van der Waals surface area contributed by atoms with E-state index in [0.717, 1.165) is 28.8 Å². The van der Waals surface area contributed by atoms with Gasteiger partial charge in [-0.3, -0.25) is 0 Å². The van der Waals surface area contributed by atoms with E-state index in [9.17, 15) is 5.11 Å². The number of imidazole rings is 1. The summed E-state index contributed by atoms with van der Waals surface area (Å²) in [4.78, 5) is 4.64. The summed E-state index contributed by atoms with van der Waals surface area (Å²) in [6, 6.07) is 5.84. The average Bonchev–Trinajstić information content (AvgIpc) is 2.64. The fourth-order valence-electron chi connectivity index (χ4n) is 2.16. The number of fused-ring (bicyclic) bond motifs is 1. The van der Waals surface area contributed by atoms with Crippen LogP contribution in [-0.4, -0.2) is 21.2 Å². The Morgan fingerprint density at radius 3 is 2.72 bits per heavy atom. The zero-order chi connectivity index (χ0) is 13.3. The number of benzene rings is 1. The normalized spacial score (nSPS) is 13.4. The van der Waals surface area contributed by atoms with Crippen LogP contribution < -0.4 is 5.73 Å². The van der Waals surface area contributed by atoms with E-state index in [2.05, 4.69) is 23.4 Å². The van der Waals surface area contributed by atoms with Gasteiger partial charge in [0.25, 0.3) is 0 Å². The van der Waals surface area contributed by atoms with Crippen molar-refractivity contribution in [3.8, 4) is 0 Å². The van der Waals surface area contributed by atoms with E-state index >= 15 is 0 Å². The zero-order valence-electron chi connectivity index (χ0n) is 11.2. The lowest BCUT2D eigenvalue weighted by atomic mass is 10.1. The van der Waals surface area contributed by atoms with Crippen LogP contribution in [0.5, 0.6) is 0 Å². The summed E-state index contributed by atoms with van der Waals surface area (Å²) < 4.78 is 2.12. The summed E-state index contributed by atoms with van der Waals surface area (Å²) in [5.41, 5.74) is 8.33. The average molecular weight is 247 g/mol. The van der Waals surface area contributed by atoms with Crippen molar-refractivity contribution in [1.82, 2.24) is 9.55 Å². The molecule has 0 aliphatic rings. The van der Waals surface area contributed by atoms with Crippen molar-refractivity contribution >= 4 is 11.0 Å². The largest absolute Gasteiger partial charge is 0.387 e. The van der Waals surface area contributed by atoms with Crippen molar-refractivity contribution in [2.45, 2.75) is 26.4 Å². The summed E-state index contributed by atoms with van der Waals surface area (Å²) in [5, 5.41) is 9.75. The number of nitrogens with zero attached hydrogens (tertiary/aromatic N) is 2. The van der Waals surface area contributed by atoms with Crippen molar-refractivity contribution < 1.29 is 5.11 Å². The number of rotatable bonds is 4. The van der Waals surface area contributed by atoms with Gasteiger partial charge in [0, 0.05) is 20.0 Å². The van der Waals surface area contributed by atoms with Gasteiger partial charge in [-0.05, 0) is 23.6 Å². The Kier molecular flexibility index (Phi) is 3.68. The molecule has 4 nitrogen and oxygen atoms in total. The monoisotopic (exact) mass is 247 g/mol. The fraction of sp³-hybridized carbons (Fsp3) is 0.500. The Bertz CT molecular complexity index is 545. The smallest absolute Gasteiger partial charge is 0.109 e. The molecule has 0 saturated carbocycles. The van der Waals surface area contributed by atoms with Gasteiger partial charge in [0.1, 0.15) is 5.82 Å². The number of hydrogen-bond acceptors (Lipinski definition) is 3. The Morgan fingerprint density at radius 2 is 2.11 bits per heavy atom. The van der Waals surface area contributed by atoms with Crippen LogP contribution in [0.3, 0.4) is 0 Å². The number of aryl methyl sites for hydroxylation is 1. The van der Waals surface area contributed by atoms with Gasteiger partial charge in [-0.15, -0.1) is 0 Å². The van der Waals surface area contributed by atoms with E-state index < -0.39 is 6.10 Å². The van der Waals surface area contributed by atoms with Crippen LogP contribution in [0.2, 0.25) is 0 Å². The Hall–Kier alpha value is -1.39. The molecule has 0 amide bonds. The standard InChI is InChI=1S/C14H21N3O/c1-9(2)6-14-16-11-7-10(13(18)8-15)4-5-12(11)17(14)3/h4-5,7,9,13,18H,6,8,15H2,1-3H3. The molecule has 0 bridgehead atoms. The summed E-state index contributed by atoms with van der Waals surface area (Å²) >= 11 is 0. The first-order valence-electron chi connectivity index (χ1n) is 6.36. The first-order valence-corrected chi connectivity index (χ1v) is 6.36. The second-order valence-electron chi connectivity index (χ2n) is 5.18. The van der Waals surface area contributed by atoms with Crippen molar-refractivity contribution in [1.29, 1.82) is 0 Å². The number of aliphatic hydroxyl groups is 1. The molecule has 18 heavy (non-hydrogen) atoms. The van der Waals surface area contributed by atoms with Crippen molar-refractivity contribution in [2.24, 2.45) is 18.7 Å². The van der Waals surface area contributed by atoms with E-state index in [1.807, 2.05) is 25.2 Å². The number of nitrogens with two attached hydrogens (primary N) is 1. The molecule has 1 heterocycles.